The summed E-state index contributed by atoms with van der Waals surface area (Å²) in [4.78, 5) is 0. The first-order valence-electron chi connectivity index (χ1n) is 7.65. The van der Waals surface area contributed by atoms with Gasteiger partial charge in [0, 0.05) is 6.04 Å². The average molecular weight is 245 g/mol. The number of nitrogens with one attached hydrogen (secondary N) is 1. The lowest BCUT2D eigenvalue weighted by molar-refractivity contribution is 0.274. The number of hydrogen-bond donors (Lipinski definition) is 1. The normalized spacial score (nSPS) is 24.1. The Kier molecular flexibility index (Phi) is 5.73. The van der Waals surface area contributed by atoms with Crippen LogP contribution in [0, 0.1) is 5.92 Å². The molecule has 1 heteroatoms. The largest absolute Gasteiger partial charge is 0.314 e. The monoisotopic (exact) mass is 245 g/mol. The topological polar surface area (TPSA) is 12.0 Å². The molecule has 1 fully saturated rings. The van der Waals surface area contributed by atoms with E-state index < -0.39 is 0 Å². The summed E-state index contributed by atoms with van der Waals surface area (Å²) in [5, 5.41) is 3.70. The molecule has 2 rings (SSSR count). The molecule has 100 valence electrons. The summed E-state index contributed by atoms with van der Waals surface area (Å²) in [6.45, 7) is 3.44. The van der Waals surface area contributed by atoms with Crippen molar-refractivity contribution in [3.05, 3.63) is 35.9 Å². The Hall–Kier alpha value is -0.820. The molecule has 1 aliphatic rings. The molecule has 0 aliphatic heterocycles. The maximum Gasteiger partial charge on any atom is 0.00697 e. The van der Waals surface area contributed by atoms with Gasteiger partial charge >= 0.3 is 0 Å². The second kappa shape index (κ2) is 7.58. The highest BCUT2D eigenvalue weighted by molar-refractivity contribution is 5.14. The zero-order chi connectivity index (χ0) is 12.6. The van der Waals surface area contributed by atoms with Crippen LogP contribution in [0.15, 0.2) is 30.3 Å². The predicted molar refractivity (Wildman–Crippen MR) is 78.8 cm³/mol. The highest BCUT2D eigenvalue weighted by Crippen LogP contribution is 2.28. The molecule has 1 aromatic carbocycles. The molecule has 2 atom stereocenters. The standard InChI is InChI=1S/C17H27N/c1-2-13-18-17-10-6-9-16(14-17)12-11-15-7-4-3-5-8-15/h3-5,7-8,16-18H,2,6,9-14H2,1H3. The van der Waals surface area contributed by atoms with E-state index in [1.165, 1.54) is 57.1 Å². The maximum absolute atomic E-state index is 3.70. The van der Waals surface area contributed by atoms with Gasteiger partial charge in [0.25, 0.3) is 0 Å². The van der Waals surface area contributed by atoms with Gasteiger partial charge in [-0.15, -0.1) is 0 Å². The molecular weight excluding hydrogens is 218 g/mol. The van der Waals surface area contributed by atoms with E-state index in [0.29, 0.717) is 0 Å². The summed E-state index contributed by atoms with van der Waals surface area (Å²) in [5.74, 6) is 0.938. The highest BCUT2D eigenvalue weighted by atomic mass is 14.9. The fourth-order valence-corrected chi connectivity index (χ4v) is 3.10. The summed E-state index contributed by atoms with van der Waals surface area (Å²) in [7, 11) is 0. The van der Waals surface area contributed by atoms with Crippen molar-refractivity contribution in [2.75, 3.05) is 6.54 Å². The van der Waals surface area contributed by atoms with Gasteiger partial charge in [-0.3, -0.25) is 0 Å². The van der Waals surface area contributed by atoms with Gasteiger partial charge < -0.3 is 5.32 Å². The van der Waals surface area contributed by atoms with Crippen molar-refractivity contribution in [1.29, 1.82) is 0 Å². The highest BCUT2D eigenvalue weighted by Gasteiger charge is 2.20. The van der Waals surface area contributed by atoms with Gasteiger partial charge in [-0.05, 0) is 50.1 Å². The number of hydrogen-bond acceptors (Lipinski definition) is 1. The van der Waals surface area contributed by atoms with Crippen LogP contribution in [0.5, 0.6) is 0 Å². The first-order chi connectivity index (χ1) is 8.88. The van der Waals surface area contributed by atoms with Crippen molar-refractivity contribution in [3.63, 3.8) is 0 Å². The third kappa shape index (κ3) is 4.45. The lowest BCUT2D eigenvalue weighted by Crippen LogP contribution is -2.34. The lowest BCUT2D eigenvalue weighted by Gasteiger charge is -2.30. The zero-order valence-electron chi connectivity index (χ0n) is 11.7. The van der Waals surface area contributed by atoms with Crippen LogP contribution in [0.25, 0.3) is 0 Å². The Morgan fingerprint density at radius 1 is 1.17 bits per heavy atom. The van der Waals surface area contributed by atoms with Crippen LogP contribution < -0.4 is 5.32 Å². The van der Waals surface area contributed by atoms with Crippen LogP contribution in [0.2, 0.25) is 0 Å². The van der Waals surface area contributed by atoms with Crippen molar-refractivity contribution >= 4 is 0 Å². The van der Waals surface area contributed by atoms with E-state index in [0.717, 1.165) is 12.0 Å². The molecule has 0 spiro atoms. The Morgan fingerprint density at radius 3 is 2.78 bits per heavy atom. The van der Waals surface area contributed by atoms with Crippen LogP contribution in [0.1, 0.15) is 51.0 Å². The fourth-order valence-electron chi connectivity index (χ4n) is 3.10. The molecule has 0 amide bonds. The maximum atomic E-state index is 3.70. The SMILES string of the molecule is CCCNC1CCCC(CCc2ccccc2)C1. The summed E-state index contributed by atoms with van der Waals surface area (Å²) < 4.78 is 0. The van der Waals surface area contributed by atoms with Gasteiger partial charge in [0.2, 0.25) is 0 Å². The Morgan fingerprint density at radius 2 is 2.00 bits per heavy atom. The third-order valence-electron chi connectivity index (χ3n) is 4.15. The van der Waals surface area contributed by atoms with Crippen LogP contribution in [0.4, 0.5) is 0 Å². The summed E-state index contributed by atoms with van der Waals surface area (Å²) in [6.07, 6.45) is 9.53. The quantitative estimate of drug-likeness (QED) is 0.793. The molecule has 0 bridgehead atoms. The number of aryl methyl sites for hydroxylation is 1. The molecule has 1 N–H and O–H groups in total. The molecule has 2 unspecified atom stereocenters. The number of rotatable bonds is 6. The molecule has 18 heavy (non-hydrogen) atoms. The Balaban J connectivity index is 1.72. The molecular formula is C17H27N. The van der Waals surface area contributed by atoms with Crippen molar-refractivity contribution < 1.29 is 0 Å². The van der Waals surface area contributed by atoms with E-state index in [2.05, 4.69) is 42.6 Å². The fraction of sp³-hybridized carbons (Fsp3) is 0.647. The van der Waals surface area contributed by atoms with Gasteiger partial charge in [-0.25, -0.2) is 0 Å². The van der Waals surface area contributed by atoms with Crippen LogP contribution in [-0.2, 0) is 6.42 Å². The van der Waals surface area contributed by atoms with Gasteiger partial charge in [0.1, 0.15) is 0 Å². The molecule has 0 heterocycles. The predicted octanol–water partition coefficient (Wildman–Crippen LogP) is 4.18. The second-order valence-electron chi connectivity index (χ2n) is 5.71. The first kappa shape index (κ1) is 13.6. The summed E-state index contributed by atoms with van der Waals surface area (Å²) in [6, 6.07) is 11.7. The van der Waals surface area contributed by atoms with E-state index in [-0.39, 0.29) is 0 Å². The molecule has 1 aromatic rings. The Labute approximate surface area is 112 Å². The molecule has 1 saturated carbocycles. The minimum atomic E-state index is 0.791. The minimum absolute atomic E-state index is 0.791. The van der Waals surface area contributed by atoms with Crippen LogP contribution >= 0.6 is 0 Å². The zero-order valence-corrected chi connectivity index (χ0v) is 11.7. The van der Waals surface area contributed by atoms with Crippen molar-refractivity contribution in [2.24, 2.45) is 5.92 Å². The van der Waals surface area contributed by atoms with Gasteiger partial charge in [-0.2, -0.15) is 0 Å². The Bertz CT molecular complexity index is 320. The smallest absolute Gasteiger partial charge is 0.00697 e. The molecule has 1 aliphatic carbocycles. The van der Waals surface area contributed by atoms with Crippen LogP contribution in [-0.4, -0.2) is 12.6 Å². The summed E-state index contributed by atoms with van der Waals surface area (Å²) >= 11 is 0. The number of benzene rings is 1. The van der Waals surface area contributed by atoms with E-state index in [1.54, 1.807) is 0 Å². The summed E-state index contributed by atoms with van der Waals surface area (Å²) in [5.41, 5.74) is 1.50. The lowest BCUT2D eigenvalue weighted by atomic mass is 9.82. The average Bonchev–Trinajstić information content (AvgIpc) is 2.44. The molecule has 1 nitrogen and oxygen atoms in total. The van der Waals surface area contributed by atoms with Crippen molar-refractivity contribution in [2.45, 2.75) is 57.9 Å². The van der Waals surface area contributed by atoms with E-state index >= 15 is 0 Å². The van der Waals surface area contributed by atoms with Gasteiger partial charge in [-0.1, -0.05) is 50.1 Å². The van der Waals surface area contributed by atoms with E-state index in [4.69, 9.17) is 0 Å². The molecule has 0 aromatic heterocycles. The second-order valence-corrected chi connectivity index (χ2v) is 5.71. The van der Waals surface area contributed by atoms with Crippen LogP contribution in [0.3, 0.4) is 0 Å². The molecule has 0 saturated heterocycles. The van der Waals surface area contributed by atoms with Gasteiger partial charge in [0.05, 0.1) is 0 Å². The van der Waals surface area contributed by atoms with Crippen molar-refractivity contribution in [1.82, 2.24) is 5.32 Å². The van der Waals surface area contributed by atoms with Crippen molar-refractivity contribution in [3.8, 4) is 0 Å². The first-order valence-corrected chi connectivity index (χ1v) is 7.65. The third-order valence-corrected chi connectivity index (χ3v) is 4.15. The minimum Gasteiger partial charge on any atom is -0.314 e. The van der Waals surface area contributed by atoms with E-state index in [1.807, 2.05) is 0 Å². The van der Waals surface area contributed by atoms with Gasteiger partial charge in [0.15, 0.2) is 0 Å². The molecule has 0 radical (unpaired) electrons. The van der Waals surface area contributed by atoms with E-state index in [9.17, 15) is 0 Å².